The maximum Gasteiger partial charge on any atom is 0.342 e. The first-order chi connectivity index (χ1) is 17.7. The standard InChI is InChI=1S/C32H26O4.CH4/c1-3-35-32(33)29-28(22-13-6-4-7-14-22)30(23-15-8-5-9-16-23)36-31(29)27-20-11-10-19-26(27)24-17-12-18-25(21-24)34-2;/h4-21H,3H2,1-2H3;1H4. The highest BCUT2D eigenvalue weighted by Crippen LogP contribution is 2.46. The number of furan rings is 1. The molecule has 0 aliphatic heterocycles. The van der Waals surface area contributed by atoms with Gasteiger partial charge in [-0.2, -0.15) is 0 Å². The van der Waals surface area contributed by atoms with Gasteiger partial charge in [0.1, 0.15) is 17.1 Å². The van der Waals surface area contributed by atoms with E-state index < -0.39 is 5.97 Å². The van der Waals surface area contributed by atoms with E-state index in [0.717, 1.165) is 39.1 Å². The van der Waals surface area contributed by atoms with Gasteiger partial charge < -0.3 is 13.9 Å². The highest BCUT2D eigenvalue weighted by molar-refractivity contribution is 6.08. The molecule has 0 aliphatic carbocycles. The van der Waals surface area contributed by atoms with E-state index in [9.17, 15) is 4.79 Å². The summed E-state index contributed by atoms with van der Waals surface area (Å²) < 4.78 is 17.6. The molecule has 0 N–H and O–H groups in total. The highest BCUT2D eigenvalue weighted by atomic mass is 16.5. The fourth-order valence-corrected chi connectivity index (χ4v) is 4.42. The van der Waals surface area contributed by atoms with Crippen LogP contribution in [0, 0.1) is 0 Å². The van der Waals surface area contributed by atoms with Crippen LogP contribution in [0.2, 0.25) is 0 Å². The van der Waals surface area contributed by atoms with Crippen molar-refractivity contribution >= 4 is 5.97 Å². The third-order valence-electron chi connectivity index (χ3n) is 6.04. The van der Waals surface area contributed by atoms with Crippen molar-refractivity contribution in [1.82, 2.24) is 0 Å². The van der Waals surface area contributed by atoms with Crippen LogP contribution in [0.1, 0.15) is 24.7 Å². The smallest absolute Gasteiger partial charge is 0.342 e. The molecule has 4 heteroatoms. The van der Waals surface area contributed by atoms with Gasteiger partial charge in [0.25, 0.3) is 0 Å². The zero-order valence-corrected chi connectivity index (χ0v) is 20.2. The lowest BCUT2D eigenvalue weighted by atomic mass is 9.92. The summed E-state index contributed by atoms with van der Waals surface area (Å²) in [6.45, 7) is 2.07. The third kappa shape index (κ3) is 5.05. The zero-order chi connectivity index (χ0) is 24.9. The van der Waals surface area contributed by atoms with Crippen molar-refractivity contribution in [3.63, 3.8) is 0 Å². The quantitative estimate of drug-likeness (QED) is 0.214. The van der Waals surface area contributed by atoms with E-state index in [2.05, 4.69) is 0 Å². The van der Waals surface area contributed by atoms with E-state index in [1.807, 2.05) is 116 Å². The lowest BCUT2D eigenvalue weighted by molar-refractivity contribution is 0.0527. The maximum absolute atomic E-state index is 13.5. The Balaban J connectivity index is 0.00000320. The van der Waals surface area contributed by atoms with E-state index in [1.165, 1.54) is 0 Å². The Bertz CT molecular complexity index is 1480. The lowest BCUT2D eigenvalue weighted by Crippen LogP contribution is -2.07. The van der Waals surface area contributed by atoms with Crippen LogP contribution >= 0.6 is 0 Å². The number of carbonyl (C=O) groups is 1. The summed E-state index contributed by atoms with van der Waals surface area (Å²) in [7, 11) is 1.65. The molecule has 37 heavy (non-hydrogen) atoms. The number of hydrogen-bond donors (Lipinski definition) is 0. The number of methoxy groups -OCH3 is 1. The Kier molecular flexibility index (Phi) is 7.89. The molecule has 0 saturated carbocycles. The van der Waals surface area contributed by atoms with Crippen molar-refractivity contribution in [1.29, 1.82) is 0 Å². The van der Waals surface area contributed by atoms with E-state index in [4.69, 9.17) is 13.9 Å². The van der Waals surface area contributed by atoms with Crippen LogP contribution in [-0.4, -0.2) is 19.7 Å². The maximum atomic E-state index is 13.5. The van der Waals surface area contributed by atoms with Crippen molar-refractivity contribution in [2.75, 3.05) is 13.7 Å². The molecule has 0 unspecified atom stereocenters. The predicted molar refractivity (Wildman–Crippen MR) is 150 cm³/mol. The Morgan fingerprint density at radius 1 is 0.703 bits per heavy atom. The zero-order valence-electron chi connectivity index (χ0n) is 20.2. The number of carbonyl (C=O) groups excluding carboxylic acids is 1. The van der Waals surface area contributed by atoms with Gasteiger partial charge in [0.05, 0.1) is 13.7 Å². The lowest BCUT2D eigenvalue weighted by Gasteiger charge is -2.11. The second-order valence-corrected chi connectivity index (χ2v) is 8.24. The number of rotatable bonds is 7. The first-order valence-corrected chi connectivity index (χ1v) is 11.9. The fraction of sp³-hybridized carbons (Fsp3) is 0.121. The van der Waals surface area contributed by atoms with Gasteiger partial charge in [-0.25, -0.2) is 4.79 Å². The molecule has 1 heterocycles. The van der Waals surface area contributed by atoms with Crippen LogP contribution in [-0.2, 0) is 4.74 Å². The monoisotopic (exact) mass is 490 g/mol. The minimum Gasteiger partial charge on any atom is -0.497 e. The summed E-state index contributed by atoms with van der Waals surface area (Å²) in [5.74, 6) is 1.44. The molecular formula is C33H30O4. The summed E-state index contributed by atoms with van der Waals surface area (Å²) >= 11 is 0. The van der Waals surface area contributed by atoms with Gasteiger partial charge in [0.15, 0.2) is 5.76 Å². The SMILES string of the molecule is C.CCOC(=O)c1c(-c2ccccc2-c2cccc(OC)c2)oc(-c2ccccc2)c1-c1ccccc1. The molecular weight excluding hydrogens is 460 g/mol. The van der Waals surface area contributed by atoms with Crippen molar-refractivity contribution < 1.29 is 18.7 Å². The Morgan fingerprint density at radius 2 is 1.30 bits per heavy atom. The Morgan fingerprint density at radius 3 is 1.95 bits per heavy atom. The van der Waals surface area contributed by atoms with E-state index in [-0.39, 0.29) is 14.0 Å². The van der Waals surface area contributed by atoms with Gasteiger partial charge in [0, 0.05) is 16.7 Å². The summed E-state index contributed by atoms with van der Waals surface area (Å²) in [4.78, 5) is 13.5. The molecule has 0 atom stereocenters. The van der Waals surface area contributed by atoms with Crippen LogP contribution in [0.3, 0.4) is 0 Å². The van der Waals surface area contributed by atoms with Crippen LogP contribution in [0.25, 0.3) is 44.9 Å². The molecule has 4 aromatic carbocycles. The van der Waals surface area contributed by atoms with E-state index in [0.29, 0.717) is 17.1 Å². The van der Waals surface area contributed by atoms with Gasteiger partial charge >= 0.3 is 5.97 Å². The van der Waals surface area contributed by atoms with Crippen molar-refractivity contribution in [2.24, 2.45) is 0 Å². The molecule has 0 bridgehead atoms. The molecule has 1 aromatic heterocycles. The van der Waals surface area contributed by atoms with Gasteiger partial charge in [-0.15, -0.1) is 0 Å². The highest BCUT2D eigenvalue weighted by Gasteiger charge is 2.30. The number of esters is 1. The predicted octanol–water partition coefficient (Wildman–Crippen LogP) is 8.77. The van der Waals surface area contributed by atoms with Crippen LogP contribution < -0.4 is 4.74 Å². The average molecular weight is 491 g/mol. The normalized spacial score (nSPS) is 10.4. The number of hydrogen-bond acceptors (Lipinski definition) is 4. The third-order valence-corrected chi connectivity index (χ3v) is 6.04. The summed E-state index contributed by atoms with van der Waals surface area (Å²) in [6, 6.07) is 35.4. The van der Waals surface area contributed by atoms with E-state index >= 15 is 0 Å². The van der Waals surface area contributed by atoms with E-state index in [1.54, 1.807) is 7.11 Å². The van der Waals surface area contributed by atoms with Gasteiger partial charge in [-0.05, 0) is 35.7 Å². The van der Waals surface area contributed by atoms with Gasteiger partial charge in [-0.1, -0.05) is 104 Å². The molecule has 0 aliphatic rings. The molecule has 0 spiro atoms. The minimum atomic E-state index is -0.419. The molecule has 186 valence electrons. The first-order valence-electron chi connectivity index (χ1n) is 11.9. The van der Waals surface area contributed by atoms with Gasteiger partial charge in [0.2, 0.25) is 0 Å². The van der Waals surface area contributed by atoms with Crippen LogP contribution in [0.15, 0.2) is 114 Å². The summed E-state index contributed by atoms with van der Waals surface area (Å²) in [6.07, 6.45) is 0. The van der Waals surface area contributed by atoms with Gasteiger partial charge in [-0.3, -0.25) is 0 Å². The molecule has 4 nitrogen and oxygen atoms in total. The molecule has 0 fully saturated rings. The first kappa shape index (κ1) is 25.5. The van der Waals surface area contributed by atoms with Crippen molar-refractivity contribution in [3.05, 3.63) is 115 Å². The molecule has 0 saturated heterocycles. The molecule has 0 amide bonds. The second kappa shape index (κ2) is 11.4. The summed E-state index contributed by atoms with van der Waals surface area (Å²) in [5.41, 5.74) is 5.58. The number of ether oxygens (including phenoxy) is 2. The molecule has 0 radical (unpaired) electrons. The Labute approximate surface area is 218 Å². The topological polar surface area (TPSA) is 48.7 Å². The van der Waals surface area contributed by atoms with Crippen molar-refractivity contribution in [3.8, 4) is 50.7 Å². The fourth-order valence-electron chi connectivity index (χ4n) is 4.42. The van der Waals surface area contributed by atoms with Crippen molar-refractivity contribution in [2.45, 2.75) is 14.4 Å². The largest absolute Gasteiger partial charge is 0.497 e. The Hall–Kier alpha value is -4.57. The van der Waals surface area contributed by atoms with Crippen LogP contribution in [0.4, 0.5) is 0 Å². The number of benzene rings is 4. The molecule has 5 rings (SSSR count). The van der Waals surface area contributed by atoms with Crippen LogP contribution in [0.5, 0.6) is 5.75 Å². The second-order valence-electron chi connectivity index (χ2n) is 8.24. The summed E-state index contributed by atoms with van der Waals surface area (Å²) in [5, 5.41) is 0. The average Bonchev–Trinajstić information content (AvgIpc) is 3.35. The minimum absolute atomic E-state index is 0. The molecule has 5 aromatic rings.